The summed E-state index contributed by atoms with van der Waals surface area (Å²) in [6.07, 6.45) is 7.73. The van der Waals surface area contributed by atoms with Gasteiger partial charge in [0.25, 0.3) is 0 Å². The summed E-state index contributed by atoms with van der Waals surface area (Å²) in [5.41, 5.74) is 8.14. The first-order valence-corrected chi connectivity index (χ1v) is 6.28. The maximum atomic E-state index is 5.59. The maximum Gasteiger partial charge on any atom is 0.0233 e. The van der Waals surface area contributed by atoms with Gasteiger partial charge in [0, 0.05) is 19.0 Å². The van der Waals surface area contributed by atoms with Crippen molar-refractivity contribution in [1.82, 2.24) is 4.90 Å². The van der Waals surface area contributed by atoms with Gasteiger partial charge in [0.2, 0.25) is 0 Å². The van der Waals surface area contributed by atoms with E-state index in [2.05, 4.69) is 35.1 Å². The van der Waals surface area contributed by atoms with Gasteiger partial charge in [0.15, 0.2) is 0 Å². The van der Waals surface area contributed by atoms with Crippen molar-refractivity contribution in [2.45, 2.75) is 25.9 Å². The molecular weight excluding hydrogens is 244 g/mol. The monoisotopic (exact) mass is 264 g/mol. The van der Waals surface area contributed by atoms with Gasteiger partial charge in [-0.25, -0.2) is 0 Å². The molecule has 0 aliphatic carbocycles. The molecule has 2 rings (SSSR count). The van der Waals surface area contributed by atoms with Crippen molar-refractivity contribution in [2.75, 3.05) is 13.1 Å². The van der Waals surface area contributed by atoms with Crippen LogP contribution >= 0.6 is 12.4 Å². The van der Waals surface area contributed by atoms with Crippen molar-refractivity contribution in [3.63, 3.8) is 0 Å². The number of nitrogens with zero attached hydrogens (tertiary/aromatic N) is 1. The Morgan fingerprint density at radius 2 is 1.72 bits per heavy atom. The highest BCUT2D eigenvalue weighted by atomic mass is 35.5. The second kappa shape index (κ2) is 7.43. The Hall–Kier alpha value is -1.01. The van der Waals surface area contributed by atoms with E-state index < -0.39 is 0 Å². The molecule has 2 nitrogen and oxygen atoms in total. The zero-order valence-corrected chi connectivity index (χ0v) is 11.5. The summed E-state index contributed by atoms with van der Waals surface area (Å²) < 4.78 is 0. The van der Waals surface area contributed by atoms with E-state index in [1.165, 1.54) is 11.1 Å². The summed E-state index contributed by atoms with van der Waals surface area (Å²) in [4.78, 5) is 2.48. The summed E-state index contributed by atoms with van der Waals surface area (Å²) in [5, 5.41) is 0. The summed E-state index contributed by atoms with van der Waals surface area (Å²) in [7, 11) is 0. The molecule has 1 aromatic carbocycles. The van der Waals surface area contributed by atoms with Crippen LogP contribution in [0.1, 0.15) is 24.0 Å². The van der Waals surface area contributed by atoms with E-state index in [4.69, 9.17) is 12.2 Å². The van der Waals surface area contributed by atoms with Crippen LogP contribution in [0, 0.1) is 18.3 Å². The highest BCUT2D eigenvalue weighted by Crippen LogP contribution is 2.18. The molecule has 0 aromatic heterocycles. The molecule has 18 heavy (non-hydrogen) atoms. The number of terminal acetylenes is 1. The van der Waals surface area contributed by atoms with E-state index in [0.717, 1.165) is 32.5 Å². The largest absolute Gasteiger partial charge is 0.326 e. The first kappa shape index (κ1) is 15.0. The SMILES string of the molecule is C#CC1CCN(Cc2ccc(CN)cc2)CC1.Cl. The van der Waals surface area contributed by atoms with Crippen molar-refractivity contribution >= 4 is 12.4 Å². The van der Waals surface area contributed by atoms with Crippen LogP contribution in [0.4, 0.5) is 0 Å². The first-order chi connectivity index (χ1) is 8.31. The third-order valence-electron chi connectivity index (χ3n) is 3.49. The zero-order chi connectivity index (χ0) is 12.1. The van der Waals surface area contributed by atoms with Gasteiger partial charge in [-0.15, -0.1) is 24.8 Å². The van der Waals surface area contributed by atoms with Gasteiger partial charge >= 0.3 is 0 Å². The number of hydrogen-bond acceptors (Lipinski definition) is 2. The Bertz CT molecular complexity index is 386. The van der Waals surface area contributed by atoms with Gasteiger partial charge in [-0.3, -0.25) is 4.90 Å². The maximum absolute atomic E-state index is 5.59. The van der Waals surface area contributed by atoms with E-state index in [1.807, 2.05) is 0 Å². The second-order valence-corrected chi connectivity index (χ2v) is 4.74. The normalized spacial score (nSPS) is 16.9. The lowest BCUT2D eigenvalue weighted by atomic mass is 9.97. The van der Waals surface area contributed by atoms with Crippen LogP contribution in [0.3, 0.4) is 0 Å². The molecule has 0 amide bonds. The molecule has 0 atom stereocenters. The Morgan fingerprint density at radius 3 is 2.22 bits per heavy atom. The Balaban J connectivity index is 0.00000162. The quantitative estimate of drug-likeness (QED) is 0.850. The zero-order valence-electron chi connectivity index (χ0n) is 10.6. The van der Waals surface area contributed by atoms with Gasteiger partial charge in [-0.05, 0) is 37.1 Å². The van der Waals surface area contributed by atoms with Crippen LogP contribution in [0.15, 0.2) is 24.3 Å². The number of nitrogens with two attached hydrogens (primary N) is 1. The molecule has 1 saturated heterocycles. The average Bonchev–Trinajstić information content (AvgIpc) is 2.40. The van der Waals surface area contributed by atoms with Gasteiger partial charge in [-0.1, -0.05) is 24.3 Å². The first-order valence-electron chi connectivity index (χ1n) is 6.28. The predicted molar refractivity (Wildman–Crippen MR) is 78.4 cm³/mol. The highest BCUT2D eigenvalue weighted by molar-refractivity contribution is 5.85. The average molecular weight is 265 g/mol. The molecule has 1 aliphatic heterocycles. The lowest BCUT2D eigenvalue weighted by Gasteiger charge is -2.29. The van der Waals surface area contributed by atoms with Gasteiger partial charge < -0.3 is 5.73 Å². The third-order valence-corrected chi connectivity index (χ3v) is 3.49. The minimum absolute atomic E-state index is 0. The molecule has 1 aromatic rings. The summed E-state index contributed by atoms with van der Waals surface area (Å²) in [6.45, 7) is 3.89. The van der Waals surface area contributed by atoms with Crippen molar-refractivity contribution in [2.24, 2.45) is 11.7 Å². The van der Waals surface area contributed by atoms with E-state index >= 15 is 0 Å². The lowest BCUT2D eigenvalue weighted by Crippen LogP contribution is -2.32. The minimum Gasteiger partial charge on any atom is -0.326 e. The van der Waals surface area contributed by atoms with Crippen molar-refractivity contribution in [1.29, 1.82) is 0 Å². The molecule has 0 bridgehead atoms. The van der Waals surface area contributed by atoms with Gasteiger partial charge in [-0.2, -0.15) is 0 Å². The number of halogens is 1. The van der Waals surface area contributed by atoms with Gasteiger partial charge in [0.1, 0.15) is 0 Å². The number of piperidine rings is 1. The van der Waals surface area contributed by atoms with Crippen molar-refractivity contribution < 1.29 is 0 Å². The molecule has 1 aliphatic rings. The smallest absolute Gasteiger partial charge is 0.0233 e. The fraction of sp³-hybridized carbons (Fsp3) is 0.467. The van der Waals surface area contributed by atoms with Crippen molar-refractivity contribution in [3.8, 4) is 12.3 Å². The topological polar surface area (TPSA) is 29.3 Å². The van der Waals surface area contributed by atoms with Crippen molar-refractivity contribution in [3.05, 3.63) is 35.4 Å². The van der Waals surface area contributed by atoms with E-state index in [1.54, 1.807) is 0 Å². The third kappa shape index (κ3) is 4.03. The van der Waals surface area contributed by atoms with Crippen LogP contribution in [0.5, 0.6) is 0 Å². The molecule has 0 spiro atoms. The Labute approximate surface area is 116 Å². The number of rotatable bonds is 3. The molecule has 0 unspecified atom stereocenters. The molecule has 98 valence electrons. The Morgan fingerprint density at radius 1 is 1.17 bits per heavy atom. The molecule has 1 fully saturated rings. The molecule has 1 heterocycles. The Kier molecular flexibility index (Phi) is 6.21. The van der Waals surface area contributed by atoms with E-state index in [-0.39, 0.29) is 12.4 Å². The van der Waals surface area contributed by atoms with Gasteiger partial charge in [0.05, 0.1) is 0 Å². The number of likely N-dealkylation sites (tertiary alicyclic amines) is 1. The van der Waals surface area contributed by atoms with E-state index in [0.29, 0.717) is 12.5 Å². The molecule has 3 heteroatoms. The minimum atomic E-state index is 0. The molecule has 2 N–H and O–H groups in total. The number of hydrogen-bond donors (Lipinski definition) is 1. The summed E-state index contributed by atoms with van der Waals surface area (Å²) >= 11 is 0. The molecule has 0 saturated carbocycles. The fourth-order valence-corrected chi connectivity index (χ4v) is 2.30. The predicted octanol–water partition coefficient (Wildman–Crippen LogP) is 2.41. The van der Waals surface area contributed by atoms with Crippen LogP contribution in [0.2, 0.25) is 0 Å². The summed E-state index contributed by atoms with van der Waals surface area (Å²) in [6, 6.07) is 8.58. The fourth-order valence-electron chi connectivity index (χ4n) is 2.30. The highest BCUT2D eigenvalue weighted by Gasteiger charge is 2.17. The van der Waals surface area contributed by atoms with Crippen LogP contribution < -0.4 is 5.73 Å². The van der Waals surface area contributed by atoms with Crippen LogP contribution in [-0.4, -0.2) is 18.0 Å². The molecular formula is C15H21ClN2. The summed E-state index contributed by atoms with van der Waals surface area (Å²) in [5.74, 6) is 3.35. The van der Waals surface area contributed by atoms with Crippen LogP contribution in [0.25, 0.3) is 0 Å². The van der Waals surface area contributed by atoms with Crippen LogP contribution in [-0.2, 0) is 13.1 Å². The number of benzene rings is 1. The van der Waals surface area contributed by atoms with E-state index in [9.17, 15) is 0 Å². The lowest BCUT2D eigenvalue weighted by molar-refractivity contribution is 0.199. The second-order valence-electron chi connectivity index (χ2n) is 4.74. The standard InChI is InChI=1S/C15H20N2.ClH/c1-2-13-7-9-17(10-8-13)12-15-5-3-14(11-16)4-6-15;/h1,3-6,13H,7-12,16H2;1H. The molecule has 0 radical (unpaired) electrons.